The third-order valence-corrected chi connectivity index (χ3v) is 9.20. The molecule has 4 rings (SSSR count). The van der Waals surface area contributed by atoms with Crippen LogP contribution in [0.2, 0.25) is 0 Å². The van der Waals surface area contributed by atoms with Crippen LogP contribution in [-0.4, -0.2) is 41.3 Å². The number of nitrogens with zero attached hydrogens (tertiary/aromatic N) is 4. The number of rotatable bonds is 3. The molecule has 4 nitrogen and oxygen atoms in total. The van der Waals surface area contributed by atoms with Gasteiger partial charge in [-0.25, -0.2) is 0 Å². The van der Waals surface area contributed by atoms with Crippen molar-refractivity contribution in [1.29, 1.82) is 0 Å². The number of halogens is 1. The molecule has 2 radical (unpaired) electrons. The number of fused-ring (bicyclic) bond motifs is 1. The average Bonchev–Trinajstić information content (AvgIpc) is 3.17. The predicted molar refractivity (Wildman–Crippen MR) is 93.4 cm³/mol. The van der Waals surface area contributed by atoms with Crippen LogP contribution in [0, 0.1) is 0 Å². The van der Waals surface area contributed by atoms with Gasteiger partial charge in [0.15, 0.2) is 0 Å². The van der Waals surface area contributed by atoms with Gasteiger partial charge >= 0.3 is 152 Å². The van der Waals surface area contributed by atoms with Crippen molar-refractivity contribution >= 4 is 66.2 Å². The minimum atomic E-state index is -0.962. The predicted octanol–water partition coefficient (Wildman–Crippen LogP) is 2.56. The van der Waals surface area contributed by atoms with Gasteiger partial charge in [0, 0.05) is 0 Å². The first-order chi connectivity index (χ1) is 10.8. The van der Waals surface area contributed by atoms with Crippen LogP contribution in [0.4, 0.5) is 0 Å². The molecule has 22 heavy (non-hydrogen) atoms. The van der Waals surface area contributed by atoms with Crippen LogP contribution in [0.3, 0.4) is 0 Å². The summed E-state index contributed by atoms with van der Waals surface area (Å²) in [6.45, 7) is 0. The van der Waals surface area contributed by atoms with Crippen LogP contribution in [-0.2, 0) is 0 Å². The van der Waals surface area contributed by atoms with Gasteiger partial charge in [-0.05, 0) is 0 Å². The maximum absolute atomic E-state index is 4.76. The summed E-state index contributed by atoms with van der Waals surface area (Å²) in [5, 5.41) is 10.1. The molecule has 0 amide bonds. The van der Waals surface area contributed by atoms with Crippen LogP contribution in [0.25, 0.3) is 11.0 Å². The Hall–Kier alpha value is -0.601. The van der Waals surface area contributed by atoms with Gasteiger partial charge in [-0.1, -0.05) is 0 Å². The molecule has 0 unspecified atom stereocenters. The zero-order valence-corrected chi connectivity index (χ0v) is 17.0. The molecule has 1 fully saturated rings. The molecule has 110 valence electrons. The van der Waals surface area contributed by atoms with E-state index in [1.165, 1.54) is 37.4 Å². The van der Waals surface area contributed by atoms with Gasteiger partial charge in [-0.15, -0.1) is 0 Å². The normalized spacial score (nSPS) is 15.7. The number of aromatic nitrogens is 4. The molecule has 1 aliphatic carbocycles. The molecule has 0 aromatic carbocycles. The zero-order valence-electron chi connectivity index (χ0n) is 11.8. The van der Waals surface area contributed by atoms with E-state index in [-0.39, 0.29) is 0 Å². The van der Waals surface area contributed by atoms with Crippen molar-refractivity contribution in [3.63, 3.8) is 0 Å². The second-order valence-corrected chi connectivity index (χ2v) is 11.9. The van der Waals surface area contributed by atoms with Gasteiger partial charge in [0.1, 0.15) is 0 Å². The molecule has 0 aliphatic heterocycles. The Kier molecular flexibility index (Phi) is 4.41. The van der Waals surface area contributed by atoms with E-state index in [0.29, 0.717) is 5.92 Å². The van der Waals surface area contributed by atoms with Gasteiger partial charge in [-0.3, -0.25) is 0 Å². The fourth-order valence-corrected chi connectivity index (χ4v) is 7.84. The first-order valence-corrected chi connectivity index (χ1v) is 11.8. The molecule has 0 atom stereocenters. The van der Waals surface area contributed by atoms with E-state index in [4.69, 9.17) is 4.98 Å². The van der Waals surface area contributed by atoms with Crippen molar-refractivity contribution in [3.8, 4) is 0 Å². The molecule has 0 spiro atoms. The van der Waals surface area contributed by atoms with Crippen molar-refractivity contribution in [2.75, 3.05) is 0 Å². The second-order valence-electron chi connectivity index (χ2n) is 5.44. The summed E-state index contributed by atoms with van der Waals surface area (Å²) in [5.41, 5.74) is 1.89. The number of hydrogen-bond donors (Lipinski definition) is 0. The summed E-state index contributed by atoms with van der Waals surface area (Å²) >= 11 is 4.32. The van der Waals surface area contributed by atoms with Crippen molar-refractivity contribution in [2.24, 2.45) is 0 Å². The van der Waals surface area contributed by atoms with Crippen molar-refractivity contribution in [2.45, 2.75) is 31.6 Å². The minimum absolute atomic E-state index is 0.662. The Bertz CT molecular complexity index is 816. The monoisotopic (exact) mass is 480 g/mol. The Balaban J connectivity index is 1.57. The summed E-state index contributed by atoms with van der Waals surface area (Å²) in [4.78, 5) is 9.13. The van der Waals surface area contributed by atoms with Crippen LogP contribution in [0.15, 0.2) is 28.9 Å². The van der Waals surface area contributed by atoms with Crippen LogP contribution in [0.5, 0.6) is 0 Å². The number of pyridine rings is 2. The van der Waals surface area contributed by atoms with E-state index in [1.807, 2.05) is 23.6 Å². The van der Waals surface area contributed by atoms with Crippen molar-refractivity contribution in [3.05, 3.63) is 33.9 Å². The third-order valence-electron chi connectivity index (χ3n) is 3.88. The van der Waals surface area contributed by atoms with Gasteiger partial charge in [0.05, 0.1) is 0 Å². The van der Waals surface area contributed by atoms with Crippen LogP contribution in [0.1, 0.15) is 36.6 Å². The Morgan fingerprint density at radius 3 is 2.86 bits per heavy atom. The van der Waals surface area contributed by atoms with Crippen LogP contribution < -0.4 is 6.73 Å². The summed E-state index contributed by atoms with van der Waals surface area (Å²) in [5.74, 6) is 0.662. The van der Waals surface area contributed by atoms with E-state index in [9.17, 15) is 0 Å². The molecule has 7 heteroatoms. The van der Waals surface area contributed by atoms with E-state index < -0.39 is 21.1 Å². The fourth-order valence-electron chi connectivity index (χ4n) is 2.78. The Labute approximate surface area is 151 Å². The molecule has 3 heterocycles. The van der Waals surface area contributed by atoms with E-state index in [2.05, 4.69) is 43.2 Å². The Morgan fingerprint density at radius 1 is 1.14 bits per heavy atom. The molecular formula is C15H13BrN4SSn. The molecule has 0 saturated heterocycles. The van der Waals surface area contributed by atoms with Gasteiger partial charge < -0.3 is 0 Å². The van der Waals surface area contributed by atoms with E-state index in [1.54, 1.807) is 0 Å². The first kappa shape index (κ1) is 15.0. The van der Waals surface area contributed by atoms with Crippen molar-refractivity contribution in [1.82, 2.24) is 20.2 Å². The molecule has 0 bridgehead atoms. The standard InChI is InChI=1S/C8H4BrN2.C7H9N2S.Sn/c9-6-4-8-7(11-5-6)2-1-3-10-8;1-2-4-6(3-1)7-9-8-5-10-7;/h1-2,4-5H;6H,1-4H2;. The topological polar surface area (TPSA) is 51.6 Å². The zero-order chi connectivity index (χ0) is 14.9. The number of hydrogen-bond acceptors (Lipinski definition) is 5. The summed E-state index contributed by atoms with van der Waals surface area (Å²) in [7, 11) is 0. The fraction of sp³-hybridized carbons (Fsp3) is 0.333. The summed E-state index contributed by atoms with van der Waals surface area (Å²) in [6.07, 6.45) is 7.06. The van der Waals surface area contributed by atoms with E-state index >= 15 is 0 Å². The molecule has 0 N–H and O–H groups in total. The summed E-state index contributed by atoms with van der Waals surface area (Å²) in [6, 6.07) is 6.19. The SMILES string of the molecule is Brc1cnc2cc[c]([Sn][c]3nnc(C4CCCC4)s3)nc2c1. The molecule has 1 aliphatic rings. The molecule has 3 aromatic rings. The van der Waals surface area contributed by atoms with E-state index in [0.717, 1.165) is 15.5 Å². The Morgan fingerprint density at radius 2 is 2.00 bits per heavy atom. The summed E-state index contributed by atoms with van der Waals surface area (Å²) < 4.78 is 3.37. The second kappa shape index (κ2) is 6.49. The third kappa shape index (κ3) is 3.19. The maximum atomic E-state index is 4.76. The molecule has 1 saturated carbocycles. The van der Waals surface area contributed by atoms with Gasteiger partial charge in [-0.2, -0.15) is 0 Å². The quantitative estimate of drug-likeness (QED) is 0.542. The van der Waals surface area contributed by atoms with Gasteiger partial charge in [0.2, 0.25) is 0 Å². The average molecular weight is 480 g/mol. The van der Waals surface area contributed by atoms with Crippen LogP contribution >= 0.6 is 27.3 Å². The van der Waals surface area contributed by atoms with Crippen molar-refractivity contribution < 1.29 is 0 Å². The first-order valence-electron chi connectivity index (χ1n) is 7.31. The van der Waals surface area contributed by atoms with Gasteiger partial charge in [0.25, 0.3) is 0 Å². The molecular weight excluding hydrogens is 467 g/mol. The molecule has 3 aromatic heterocycles.